The second-order valence-corrected chi connectivity index (χ2v) is 5.12. The number of rotatable bonds is 6. The average molecular weight is 254 g/mol. The SMILES string of the molecule is CCOC(=O)CC(C)Sc1ccc(OC)cc1. The zero-order valence-electron chi connectivity index (χ0n) is 10.4. The van der Waals surface area contributed by atoms with Crippen molar-refractivity contribution in [1.29, 1.82) is 0 Å². The van der Waals surface area contributed by atoms with Crippen molar-refractivity contribution in [2.24, 2.45) is 0 Å². The van der Waals surface area contributed by atoms with Crippen molar-refractivity contribution < 1.29 is 14.3 Å². The summed E-state index contributed by atoms with van der Waals surface area (Å²) in [5, 5.41) is 0.211. The Kier molecular flexibility index (Phi) is 5.91. The van der Waals surface area contributed by atoms with Gasteiger partial charge in [-0.1, -0.05) is 6.92 Å². The van der Waals surface area contributed by atoms with Crippen molar-refractivity contribution in [3.8, 4) is 5.75 Å². The molecule has 0 amide bonds. The van der Waals surface area contributed by atoms with E-state index in [0.29, 0.717) is 13.0 Å². The van der Waals surface area contributed by atoms with E-state index in [2.05, 4.69) is 0 Å². The number of carbonyl (C=O) groups is 1. The molecule has 0 heterocycles. The fourth-order valence-corrected chi connectivity index (χ4v) is 2.36. The highest BCUT2D eigenvalue weighted by molar-refractivity contribution is 8.00. The van der Waals surface area contributed by atoms with Gasteiger partial charge in [-0.05, 0) is 31.2 Å². The molecule has 1 aromatic carbocycles. The monoisotopic (exact) mass is 254 g/mol. The smallest absolute Gasteiger partial charge is 0.306 e. The molecule has 0 aliphatic carbocycles. The maximum absolute atomic E-state index is 11.3. The van der Waals surface area contributed by atoms with Crippen LogP contribution >= 0.6 is 11.8 Å². The van der Waals surface area contributed by atoms with Crippen LogP contribution in [-0.4, -0.2) is 24.9 Å². The average Bonchev–Trinajstić information content (AvgIpc) is 2.30. The van der Waals surface area contributed by atoms with Crippen LogP contribution in [0.2, 0.25) is 0 Å². The molecule has 4 heteroatoms. The second kappa shape index (κ2) is 7.22. The van der Waals surface area contributed by atoms with E-state index in [1.807, 2.05) is 38.1 Å². The van der Waals surface area contributed by atoms with E-state index in [9.17, 15) is 4.79 Å². The van der Waals surface area contributed by atoms with Crippen LogP contribution in [0.4, 0.5) is 0 Å². The van der Waals surface area contributed by atoms with Crippen molar-refractivity contribution in [2.75, 3.05) is 13.7 Å². The van der Waals surface area contributed by atoms with Gasteiger partial charge in [0.2, 0.25) is 0 Å². The fourth-order valence-electron chi connectivity index (χ4n) is 1.38. The summed E-state index contributed by atoms with van der Waals surface area (Å²) in [6.45, 7) is 4.28. The number of thioether (sulfide) groups is 1. The number of methoxy groups -OCH3 is 1. The highest BCUT2D eigenvalue weighted by atomic mass is 32.2. The van der Waals surface area contributed by atoms with Gasteiger partial charge < -0.3 is 9.47 Å². The molecule has 0 saturated carbocycles. The number of carbonyl (C=O) groups excluding carboxylic acids is 1. The minimum absolute atomic E-state index is 0.138. The molecule has 3 nitrogen and oxygen atoms in total. The minimum Gasteiger partial charge on any atom is -0.497 e. The lowest BCUT2D eigenvalue weighted by atomic mass is 10.3. The number of hydrogen-bond donors (Lipinski definition) is 0. The lowest BCUT2D eigenvalue weighted by molar-refractivity contribution is -0.142. The molecule has 0 bridgehead atoms. The van der Waals surface area contributed by atoms with E-state index in [1.165, 1.54) is 0 Å². The number of ether oxygens (including phenoxy) is 2. The van der Waals surface area contributed by atoms with E-state index in [0.717, 1.165) is 10.6 Å². The van der Waals surface area contributed by atoms with Crippen molar-refractivity contribution in [3.05, 3.63) is 24.3 Å². The summed E-state index contributed by atoms with van der Waals surface area (Å²) in [4.78, 5) is 12.4. The number of hydrogen-bond acceptors (Lipinski definition) is 4. The molecule has 1 atom stereocenters. The molecule has 1 unspecified atom stereocenters. The molecule has 0 radical (unpaired) electrons. The molecule has 0 spiro atoms. The molecular formula is C13H18O3S. The van der Waals surface area contributed by atoms with Gasteiger partial charge in [-0.15, -0.1) is 11.8 Å². The highest BCUT2D eigenvalue weighted by Gasteiger charge is 2.11. The summed E-state index contributed by atoms with van der Waals surface area (Å²) >= 11 is 1.66. The zero-order chi connectivity index (χ0) is 12.7. The fraction of sp³-hybridized carbons (Fsp3) is 0.462. The molecule has 17 heavy (non-hydrogen) atoms. The van der Waals surface area contributed by atoms with Crippen LogP contribution in [0.5, 0.6) is 5.75 Å². The second-order valence-electron chi connectivity index (χ2n) is 3.61. The number of esters is 1. The Bertz CT molecular complexity index is 348. The van der Waals surface area contributed by atoms with Crippen LogP contribution in [-0.2, 0) is 9.53 Å². The van der Waals surface area contributed by atoms with Gasteiger partial charge in [-0.25, -0.2) is 0 Å². The molecular weight excluding hydrogens is 236 g/mol. The van der Waals surface area contributed by atoms with Gasteiger partial charge in [0, 0.05) is 10.1 Å². The predicted octanol–water partition coefficient (Wildman–Crippen LogP) is 3.13. The van der Waals surface area contributed by atoms with Crippen LogP contribution in [0, 0.1) is 0 Å². The predicted molar refractivity (Wildman–Crippen MR) is 69.6 cm³/mol. The van der Waals surface area contributed by atoms with Gasteiger partial charge in [-0.3, -0.25) is 4.79 Å². The standard InChI is InChI=1S/C13H18O3S/c1-4-16-13(14)9-10(2)17-12-7-5-11(15-3)6-8-12/h5-8,10H,4,9H2,1-3H3. The topological polar surface area (TPSA) is 35.5 Å². The van der Waals surface area contributed by atoms with E-state index in [4.69, 9.17) is 9.47 Å². The van der Waals surface area contributed by atoms with Gasteiger partial charge in [0.05, 0.1) is 20.1 Å². The highest BCUT2D eigenvalue weighted by Crippen LogP contribution is 2.26. The maximum atomic E-state index is 11.3. The molecule has 0 aliphatic rings. The summed E-state index contributed by atoms with van der Waals surface area (Å²) < 4.78 is 10.0. The Morgan fingerprint density at radius 2 is 2.00 bits per heavy atom. The lowest BCUT2D eigenvalue weighted by Crippen LogP contribution is -2.10. The Balaban J connectivity index is 2.44. The first-order valence-corrected chi connectivity index (χ1v) is 6.50. The van der Waals surface area contributed by atoms with E-state index >= 15 is 0 Å². The van der Waals surface area contributed by atoms with Gasteiger partial charge in [0.25, 0.3) is 0 Å². The van der Waals surface area contributed by atoms with Crippen LogP contribution in [0.25, 0.3) is 0 Å². The number of benzene rings is 1. The van der Waals surface area contributed by atoms with E-state index in [1.54, 1.807) is 18.9 Å². The lowest BCUT2D eigenvalue weighted by Gasteiger charge is -2.10. The van der Waals surface area contributed by atoms with Gasteiger partial charge in [0.15, 0.2) is 0 Å². The minimum atomic E-state index is -0.138. The van der Waals surface area contributed by atoms with Crippen LogP contribution in [0.3, 0.4) is 0 Å². The van der Waals surface area contributed by atoms with Gasteiger partial charge >= 0.3 is 5.97 Å². The van der Waals surface area contributed by atoms with Crippen molar-refractivity contribution in [1.82, 2.24) is 0 Å². The Labute approximate surface area is 106 Å². The quantitative estimate of drug-likeness (QED) is 0.577. The first-order chi connectivity index (χ1) is 8.15. The summed E-state index contributed by atoms with van der Waals surface area (Å²) in [7, 11) is 1.64. The molecule has 0 fully saturated rings. The van der Waals surface area contributed by atoms with Crippen molar-refractivity contribution in [3.63, 3.8) is 0 Å². The van der Waals surface area contributed by atoms with Gasteiger partial charge in [0.1, 0.15) is 5.75 Å². The Morgan fingerprint density at radius 3 is 2.53 bits per heavy atom. The third-order valence-electron chi connectivity index (χ3n) is 2.16. The van der Waals surface area contributed by atoms with Crippen LogP contribution in [0.1, 0.15) is 20.3 Å². The molecule has 1 aromatic rings. The Morgan fingerprint density at radius 1 is 1.35 bits per heavy atom. The summed E-state index contributed by atoms with van der Waals surface area (Å²) in [6, 6.07) is 7.81. The maximum Gasteiger partial charge on any atom is 0.306 e. The summed E-state index contributed by atoms with van der Waals surface area (Å²) in [5.74, 6) is 0.702. The molecule has 0 aliphatic heterocycles. The van der Waals surface area contributed by atoms with E-state index in [-0.39, 0.29) is 11.2 Å². The molecule has 1 rings (SSSR count). The first kappa shape index (κ1) is 13.9. The largest absolute Gasteiger partial charge is 0.497 e. The third kappa shape index (κ3) is 5.13. The third-order valence-corrected chi connectivity index (χ3v) is 3.27. The van der Waals surface area contributed by atoms with Gasteiger partial charge in [-0.2, -0.15) is 0 Å². The van der Waals surface area contributed by atoms with Crippen LogP contribution < -0.4 is 4.74 Å². The summed E-state index contributed by atoms with van der Waals surface area (Å²) in [5.41, 5.74) is 0. The van der Waals surface area contributed by atoms with Crippen LogP contribution in [0.15, 0.2) is 29.2 Å². The molecule has 0 saturated heterocycles. The van der Waals surface area contributed by atoms with E-state index < -0.39 is 0 Å². The van der Waals surface area contributed by atoms with Crippen molar-refractivity contribution >= 4 is 17.7 Å². The first-order valence-electron chi connectivity index (χ1n) is 5.62. The Hall–Kier alpha value is -1.16. The molecule has 0 aromatic heterocycles. The zero-order valence-corrected chi connectivity index (χ0v) is 11.3. The normalized spacial score (nSPS) is 11.9. The summed E-state index contributed by atoms with van der Waals surface area (Å²) in [6.07, 6.45) is 0.435. The molecule has 94 valence electrons. The molecule has 0 N–H and O–H groups in total. The van der Waals surface area contributed by atoms with Crippen molar-refractivity contribution in [2.45, 2.75) is 30.4 Å².